The molecule has 1 aliphatic rings. The summed E-state index contributed by atoms with van der Waals surface area (Å²) in [5.74, 6) is -1.78. The number of aromatic nitrogens is 1. The van der Waals surface area contributed by atoms with Gasteiger partial charge in [-0.2, -0.15) is 5.26 Å². The molecular formula is C22H23FN2O4. The van der Waals surface area contributed by atoms with Crippen LogP contribution in [0, 0.1) is 24.1 Å². The van der Waals surface area contributed by atoms with Crippen LogP contribution in [-0.2, 0) is 0 Å². The Morgan fingerprint density at radius 3 is 2.59 bits per heavy atom. The number of para-hydroxylation sites is 1. The Morgan fingerprint density at radius 1 is 1.31 bits per heavy atom. The molecule has 6 nitrogen and oxygen atoms in total. The van der Waals surface area contributed by atoms with E-state index in [1.54, 1.807) is 6.07 Å². The Bertz CT molecular complexity index is 1030. The number of aromatic hydroxyl groups is 1. The van der Waals surface area contributed by atoms with Gasteiger partial charge in [0.2, 0.25) is 11.7 Å². The number of nitriles is 1. The first-order valence-electron chi connectivity index (χ1n) is 9.70. The number of ether oxygens (including phenoxy) is 1. The summed E-state index contributed by atoms with van der Waals surface area (Å²) >= 11 is 0. The minimum Gasteiger partial charge on any atom is -0.494 e. The lowest BCUT2D eigenvalue weighted by Gasteiger charge is -2.27. The molecule has 1 aromatic carbocycles. The topological polar surface area (TPSA) is 92.3 Å². The second kappa shape index (κ2) is 8.48. The van der Waals surface area contributed by atoms with Gasteiger partial charge in [0.15, 0.2) is 17.7 Å². The summed E-state index contributed by atoms with van der Waals surface area (Å²) in [6.07, 6.45) is 3.11. The molecule has 0 amide bonds. The van der Waals surface area contributed by atoms with Crippen molar-refractivity contribution in [1.82, 2.24) is 4.57 Å². The van der Waals surface area contributed by atoms with E-state index < -0.39 is 29.1 Å². The maximum Gasteiger partial charge on any atom is 0.271 e. The van der Waals surface area contributed by atoms with Crippen molar-refractivity contribution in [1.29, 1.82) is 5.26 Å². The molecule has 1 unspecified atom stereocenters. The van der Waals surface area contributed by atoms with E-state index in [4.69, 9.17) is 4.74 Å². The molecule has 1 fully saturated rings. The molecule has 1 atom stereocenters. The SMILES string of the molecule is Cc1c(C(=O)C(C)Oc2ccccc2F)c(O)n(C2CCCCC2)c(=O)c1C#N. The zero-order chi connectivity index (χ0) is 21.1. The molecule has 1 aliphatic carbocycles. The van der Waals surface area contributed by atoms with Crippen molar-refractivity contribution in [3.8, 4) is 17.7 Å². The van der Waals surface area contributed by atoms with Gasteiger partial charge >= 0.3 is 0 Å². The van der Waals surface area contributed by atoms with Crippen molar-refractivity contribution >= 4 is 5.78 Å². The number of halogens is 1. The Labute approximate surface area is 168 Å². The van der Waals surface area contributed by atoms with Crippen LogP contribution in [0.15, 0.2) is 29.1 Å². The lowest BCUT2D eigenvalue weighted by atomic mass is 9.93. The molecule has 1 aromatic heterocycles. The van der Waals surface area contributed by atoms with Crippen molar-refractivity contribution in [3.05, 3.63) is 57.1 Å². The molecule has 152 valence electrons. The maximum atomic E-state index is 13.9. The summed E-state index contributed by atoms with van der Waals surface area (Å²) in [5, 5.41) is 20.4. The predicted molar refractivity (Wildman–Crippen MR) is 105 cm³/mol. The normalized spacial score (nSPS) is 15.5. The van der Waals surface area contributed by atoms with Crippen LogP contribution in [0.3, 0.4) is 0 Å². The Morgan fingerprint density at radius 2 is 1.97 bits per heavy atom. The van der Waals surface area contributed by atoms with Crippen LogP contribution in [0.25, 0.3) is 0 Å². The molecule has 1 N–H and O–H groups in total. The average Bonchev–Trinajstić information content (AvgIpc) is 2.70. The smallest absolute Gasteiger partial charge is 0.271 e. The fourth-order valence-corrected chi connectivity index (χ4v) is 3.88. The first-order valence-corrected chi connectivity index (χ1v) is 9.70. The second-order valence-electron chi connectivity index (χ2n) is 7.33. The fraction of sp³-hybridized carbons (Fsp3) is 0.409. The first kappa shape index (κ1) is 20.6. The van der Waals surface area contributed by atoms with Gasteiger partial charge in [-0.25, -0.2) is 4.39 Å². The van der Waals surface area contributed by atoms with Gasteiger partial charge in [-0.05, 0) is 44.4 Å². The molecule has 0 aliphatic heterocycles. The number of Topliss-reactive ketones (excluding diaryl/α,β-unsaturated/α-hetero) is 1. The van der Waals surface area contributed by atoms with Gasteiger partial charge in [0.25, 0.3) is 5.56 Å². The van der Waals surface area contributed by atoms with Gasteiger partial charge in [-0.15, -0.1) is 0 Å². The van der Waals surface area contributed by atoms with Crippen molar-refractivity contribution in [2.45, 2.75) is 58.1 Å². The third-order valence-corrected chi connectivity index (χ3v) is 5.44. The minimum absolute atomic E-state index is 0.0911. The van der Waals surface area contributed by atoms with Crippen molar-refractivity contribution < 1.29 is 19.0 Å². The van der Waals surface area contributed by atoms with Gasteiger partial charge in [0.05, 0.1) is 5.56 Å². The largest absolute Gasteiger partial charge is 0.494 e. The summed E-state index contributed by atoms with van der Waals surface area (Å²) in [7, 11) is 0. The van der Waals surface area contributed by atoms with Crippen molar-refractivity contribution in [3.63, 3.8) is 0 Å². The molecule has 29 heavy (non-hydrogen) atoms. The second-order valence-corrected chi connectivity index (χ2v) is 7.33. The number of hydrogen-bond donors (Lipinski definition) is 1. The summed E-state index contributed by atoms with van der Waals surface area (Å²) in [6.45, 7) is 2.89. The number of rotatable bonds is 5. The van der Waals surface area contributed by atoms with E-state index in [-0.39, 0.29) is 28.5 Å². The van der Waals surface area contributed by atoms with Gasteiger partial charge in [0, 0.05) is 6.04 Å². The molecular weight excluding hydrogens is 375 g/mol. The lowest BCUT2D eigenvalue weighted by Crippen LogP contribution is -2.33. The maximum absolute atomic E-state index is 13.9. The predicted octanol–water partition coefficient (Wildman–Crippen LogP) is 4.03. The molecule has 1 saturated carbocycles. The van der Waals surface area contributed by atoms with Crippen LogP contribution >= 0.6 is 0 Å². The zero-order valence-corrected chi connectivity index (χ0v) is 16.4. The van der Waals surface area contributed by atoms with E-state index in [9.17, 15) is 24.3 Å². The number of nitrogens with zero attached hydrogens (tertiary/aromatic N) is 2. The highest BCUT2D eigenvalue weighted by molar-refractivity contribution is 6.03. The molecule has 3 rings (SSSR count). The lowest BCUT2D eigenvalue weighted by molar-refractivity contribution is 0.0806. The van der Waals surface area contributed by atoms with Crippen LogP contribution in [0.1, 0.15) is 66.6 Å². The Kier molecular flexibility index (Phi) is 6.02. The number of ketones is 1. The highest BCUT2D eigenvalue weighted by Crippen LogP contribution is 2.33. The molecule has 2 aromatic rings. The molecule has 1 heterocycles. The van der Waals surface area contributed by atoms with E-state index in [2.05, 4.69) is 0 Å². The van der Waals surface area contributed by atoms with Crippen molar-refractivity contribution in [2.75, 3.05) is 0 Å². The van der Waals surface area contributed by atoms with Crippen LogP contribution in [0.5, 0.6) is 11.6 Å². The Balaban J connectivity index is 2.06. The van der Waals surface area contributed by atoms with E-state index >= 15 is 0 Å². The summed E-state index contributed by atoms with van der Waals surface area (Å²) < 4.78 is 20.5. The molecule has 0 bridgehead atoms. The summed E-state index contributed by atoms with van der Waals surface area (Å²) in [6, 6.07) is 7.30. The number of benzene rings is 1. The van der Waals surface area contributed by atoms with E-state index in [0.29, 0.717) is 12.8 Å². The van der Waals surface area contributed by atoms with Gasteiger partial charge in [-0.1, -0.05) is 31.4 Å². The molecule has 7 heteroatoms. The highest BCUT2D eigenvalue weighted by atomic mass is 19.1. The van der Waals surface area contributed by atoms with E-state index in [1.807, 2.05) is 6.07 Å². The average molecular weight is 398 g/mol. The van der Waals surface area contributed by atoms with Gasteiger partial charge < -0.3 is 9.84 Å². The quantitative estimate of drug-likeness (QED) is 0.768. The monoisotopic (exact) mass is 398 g/mol. The van der Waals surface area contributed by atoms with Crippen LogP contribution in [0.4, 0.5) is 4.39 Å². The number of carbonyl (C=O) groups is 1. The zero-order valence-electron chi connectivity index (χ0n) is 16.4. The molecule has 0 saturated heterocycles. The van der Waals surface area contributed by atoms with Crippen LogP contribution in [-0.4, -0.2) is 21.6 Å². The fourth-order valence-electron chi connectivity index (χ4n) is 3.88. The Hall–Kier alpha value is -3.14. The third kappa shape index (κ3) is 3.88. The summed E-state index contributed by atoms with van der Waals surface area (Å²) in [4.78, 5) is 25.9. The molecule has 0 radical (unpaired) electrons. The first-order chi connectivity index (χ1) is 13.9. The van der Waals surface area contributed by atoms with Gasteiger partial charge in [-0.3, -0.25) is 14.2 Å². The van der Waals surface area contributed by atoms with Crippen LogP contribution < -0.4 is 10.3 Å². The number of hydrogen-bond acceptors (Lipinski definition) is 5. The third-order valence-electron chi connectivity index (χ3n) is 5.44. The number of carbonyl (C=O) groups excluding carboxylic acids is 1. The van der Waals surface area contributed by atoms with Gasteiger partial charge in [0.1, 0.15) is 11.6 Å². The minimum atomic E-state index is -1.12. The summed E-state index contributed by atoms with van der Waals surface area (Å²) in [5.41, 5.74) is -0.782. The standard InChI is InChI=1S/C22H23FN2O4/c1-13-16(12-24)21(27)25(15-8-4-3-5-9-15)22(28)19(13)20(26)14(2)29-18-11-7-6-10-17(18)23/h6-7,10-11,14-15,28H,3-5,8-9H2,1-2H3. The van der Waals surface area contributed by atoms with Crippen LogP contribution in [0.2, 0.25) is 0 Å². The van der Waals surface area contributed by atoms with E-state index in [1.165, 1.54) is 36.6 Å². The number of pyridine rings is 1. The van der Waals surface area contributed by atoms with E-state index in [0.717, 1.165) is 19.3 Å². The highest BCUT2D eigenvalue weighted by Gasteiger charge is 2.31. The van der Waals surface area contributed by atoms with Crippen molar-refractivity contribution in [2.24, 2.45) is 0 Å². The molecule has 0 spiro atoms.